The fraction of sp³-hybridized carbons (Fsp3) is 0.500. The van der Waals surface area contributed by atoms with Gasteiger partial charge in [-0.3, -0.25) is 4.68 Å². The molecule has 2 heterocycles. The molecule has 17 heavy (non-hydrogen) atoms. The molecule has 0 spiro atoms. The molecule has 5 heteroatoms. The predicted octanol–water partition coefficient (Wildman–Crippen LogP) is 1.96. The number of oxazole rings is 1. The quantitative estimate of drug-likeness (QED) is 0.882. The fourth-order valence-corrected chi connectivity index (χ4v) is 1.41. The molecule has 2 aromatic rings. The van der Waals surface area contributed by atoms with Gasteiger partial charge in [-0.25, -0.2) is 4.98 Å². The molecule has 2 aromatic heterocycles. The van der Waals surface area contributed by atoms with Crippen LogP contribution in [-0.2, 0) is 13.6 Å². The highest BCUT2D eigenvalue weighted by Crippen LogP contribution is 2.19. The van der Waals surface area contributed by atoms with Crippen LogP contribution in [0.15, 0.2) is 23.0 Å². The Hall–Kier alpha value is -1.62. The van der Waals surface area contributed by atoms with Crippen LogP contribution < -0.4 is 5.32 Å². The molecule has 0 aliphatic heterocycles. The second kappa shape index (κ2) is 4.33. The first-order valence-electron chi connectivity index (χ1n) is 5.63. The van der Waals surface area contributed by atoms with E-state index in [2.05, 4.69) is 36.2 Å². The highest BCUT2D eigenvalue weighted by atomic mass is 16.4. The number of nitrogens with one attached hydrogen (secondary N) is 1. The number of rotatable bonds is 3. The third kappa shape index (κ3) is 3.17. The van der Waals surface area contributed by atoms with Crippen molar-refractivity contribution >= 4 is 0 Å². The molecule has 0 atom stereocenters. The van der Waals surface area contributed by atoms with Gasteiger partial charge in [-0.15, -0.1) is 0 Å². The monoisotopic (exact) mass is 234 g/mol. The minimum atomic E-state index is 0.0585. The van der Waals surface area contributed by atoms with Crippen LogP contribution in [-0.4, -0.2) is 20.3 Å². The molecule has 0 fully saturated rings. The number of aryl methyl sites for hydroxylation is 1. The molecule has 0 aliphatic carbocycles. The zero-order valence-corrected chi connectivity index (χ0v) is 10.7. The van der Waals surface area contributed by atoms with E-state index >= 15 is 0 Å². The van der Waals surface area contributed by atoms with Crippen molar-refractivity contribution in [1.29, 1.82) is 0 Å². The van der Waals surface area contributed by atoms with Crippen molar-refractivity contribution in [2.24, 2.45) is 7.05 Å². The standard InChI is InChI=1S/C12H18N4O/c1-12(2,3)14-7-11-13-6-10(17-11)9-5-15-16(4)8-9/h5-6,8,14H,7H2,1-4H3. The maximum Gasteiger partial charge on any atom is 0.208 e. The lowest BCUT2D eigenvalue weighted by atomic mass is 10.1. The van der Waals surface area contributed by atoms with Gasteiger partial charge in [0.1, 0.15) is 0 Å². The summed E-state index contributed by atoms with van der Waals surface area (Å²) >= 11 is 0. The molecule has 0 amide bonds. The summed E-state index contributed by atoms with van der Waals surface area (Å²) in [7, 11) is 1.88. The van der Waals surface area contributed by atoms with Crippen LogP contribution in [0, 0.1) is 0 Å². The van der Waals surface area contributed by atoms with Crippen molar-refractivity contribution in [3.8, 4) is 11.3 Å². The third-order valence-corrected chi connectivity index (χ3v) is 2.31. The summed E-state index contributed by atoms with van der Waals surface area (Å²) < 4.78 is 7.39. The fourth-order valence-electron chi connectivity index (χ4n) is 1.41. The Kier molecular flexibility index (Phi) is 3.02. The Morgan fingerprint density at radius 2 is 2.12 bits per heavy atom. The molecule has 0 aliphatic rings. The summed E-state index contributed by atoms with van der Waals surface area (Å²) in [4.78, 5) is 4.24. The van der Waals surface area contributed by atoms with Crippen molar-refractivity contribution in [2.75, 3.05) is 0 Å². The van der Waals surface area contributed by atoms with Gasteiger partial charge < -0.3 is 9.73 Å². The van der Waals surface area contributed by atoms with E-state index in [-0.39, 0.29) is 5.54 Å². The molecular weight excluding hydrogens is 216 g/mol. The van der Waals surface area contributed by atoms with Crippen LogP contribution >= 0.6 is 0 Å². The van der Waals surface area contributed by atoms with Gasteiger partial charge in [-0.05, 0) is 20.8 Å². The maximum atomic E-state index is 5.65. The Balaban J connectivity index is 2.06. The highest BCUT2D eigenvalue weighted by molar-refractivity contribution is 5.53. The molecule has 92 valence electrons. The van der Waals surface area contributed by atoms with Gasteiger partial charge in [-0.1, -0.05) is 0 Å². The number of hydrogen-bond donors (Lipinski definition) is 1. The normalized spacial score (nSPS) is 12.0. The van der Waals surface area contributed by atoms with Crippen molar-refractivity contribution in [3.05, 3.63) is 24.5 Å². The van der Waals surface area contributed by atoms with Gasteiger partial charge in [0, 0.05) is 18.8 Å². The topological polar surface area (TPSA) is 55.9 Å². The smallest absolute Gasteiger partial charge is 0.208 e. The highest BCUT2D eigenvalue weighted by Gasteiger charge is 2.12. The largest absolute Gasteiger partial charge is 0.439 e. The van der Waals surface area contributed by atoms with Crippen LogP contribution in [0.3, 0.4) is 0 Å². The van der Waals surface area contributed by atoms with Gasteiger partial charge >= 0.3 is 0 Å². The van der Waals surface area contributed by atoms with Crippen LogP contribution in [0.1, 0.15) is 26.7 Å². The summed E-state index contributed by atoms with van der Waals surface area (Å²) in [6.07, 6.45) is 5.40. The summed E-state index contributed by atoms with van der Waals surface area (Å²) in [5, 5.41) is 7.43. The molecule has 0 aromatic carbocycles. The zero-order chi connectivity index (χ0) is 12.5. The van der Waals surface area contributed by atoms with E-state index in [1.54, 1.807) is 17.1 Å². The average Bonchev–Trinajstić information content (AvgIpc) is 2.81. The molecule has 0 saturated carbocycles. The second-order valence-corrected chi connectivity index (χ2v) is 5.12. The van der Waals surface area contributed by atoms with E-state index in [4.69, 9.17) is 4.42 Å². The minimum Gasteiger partial charge on any atom is -0.439 e. The Morgan fingerprint density at radius 1 is 1.35 bits per heavy atom. The van der Waals surface area contributed by atoms with Gasteiger partial charge in [0.2, 0.25) is 5.89 Å². The van der Waals surface area contributed by atoms with Crippen LogP contribution in [0.4, 0.5) is 0 Å². The molecule has 0 unspecified atom stereocenters. The zero-order valence-electron chi connectivity index (χ0n) is 10.7. The molecular formula is C12H18N4O. The Bertz CT molecular complexity index is 493. The summed E-state index contributed by atoms with van der Waals surface area (Å²) in [5.41, 5.74) is 1.00. The lowest BCUT2D eigenvalue weighted by Crippen LogP contribution is -2.35. The van der Waals surface area contributed by atoms with E-state index in [0.717, 1.165) is 11.3 Å². The lowest BCUT2D eigenvalue weighted by Gasteiger charge is -2.18. The first-order chi connectivity index (χ1) is 7.94. The van der Waals surface area contributed by atoms with Crippen LogP contribution in [0.2, 0.25) is 0 Å². The van der Waals surface area contributed by atoms with Gasteiger partial charge in [0.15, 0.2) is 5.76 Å². The first kappa shape index (κ1) is 11.9. The van der Waals surface area contributed by atoms with E-state index in [1.807, 2.05) is 13.2 Å². The lowest BCUT2D eigenvalue weighted by molar-refractivity contribution is 0.383. The maximum absolute atomic E-state index is 5.65. The summed E-state index contributed by atoms with van der Waals surface area (Å²) in [5.74, 6) is 1.45. The number of nitrogens with zero attached hydrogens (tertiary/aromatic N) is 3. The summed E-state index contributed by atoms with van der Waals surface area (Å²) in [6, 6.07) is 0. The third-order valence-electron chi connectivity index (χ3n) is 2.31. The second-order valence-electron chi connectivity index (χ2n) is 5.12. The van der Waals surface area contributed by atoms with Crippen molar-refractivity contribution < 1.29 is 4.42 Å². The predicted molar refractivity (Wildman–Crippen MR) is 65.3 cm³/mol. The van der Waals surface area contributed by atoms with E-state index in [1.165, 1.54) is 0 Å². The molecule has 0 bridgehead atoms. The number of aromatic nitrogens is 3. The van der Waals surface area contributed by atoms with Crippen LogP contribution in [0.25, 0.3) is 11.3 Å². The molecule has 5 nitrogen and oxygen atoms in total. The average molecular weight is 234 g/mol. The Labute approximate surface area is 101 Å². The van der Waals surface area contributed by atoms with Crippen molar-refractivity contribution in [1.82, 2.24) is 20.1 Å². The Morgan fingerprint density at radius 3 is 2.71 bits per heavy atom. The minimum absolute atomic E-state index is 0.0585. The molecule has 0 saturated heterocycles. The van der Waals surface area contributed by atoms with Gasteiger partial charge in [0.05, 0.1) is 24.5 Å². The first-order valence-corrected chi connectivity index (χ1v) is 5.63. The van der Waals surface area contributed by atoms with E-state index in [0.29, 0.717) is 12.4 Å². The SMILES string of the molecule is Cn1cc(-c2cnc(CNC(C)(C)C)o2)cn1. The molecule has 2 rings (SSSR count). The van der Waals surface area contributed by atoms with E-state index < -0.39 is 0 Å². The van der Waals surface area contributed by atoms with Gasteiger partial charge in [-0.2, -0.15) is 5.10 Å². The van der Waals surface area contributed by atoms with Crippen LogP contribution in [0.5, 0.6) is 0 Å². The molecule has 0 radical (unpaired) electrons. The van der Waals surface area contributed by atoms with Crippen molar-refractivity contribution in [3.63, 3.8) is 0 Å². The molecule has 1 N–H and O–H groups in total. The van der Waals surface area contributed by atoms with Gasteiger partial charge in [0.25, 0.3) is 0 Å². The van der Waals surface area contributed by atoms with Crippen molar-refractivity contribution in [2.45, 2.75) is 32.9 Å². The summed E-state index contributed by atoms with van der Waals surface area (Å²) in [6.45, 7) is 6.96. The number of hydrogen-bond acceptors (Lipinski definition) is 4. The van der Waals surface area contributed by atoms with E-state index in [9.17, 15) is 0 Å².